The van der Waals surface area contributed by atoms with E-state index in [1.807, 2.05) is 6.07 Å². The molecule has 0 heterocycles. The molecule has 5 N–H and O–H groups in total. The molecule has 0 spiro atoms. The van der Waals surface area contributed by atoms with Crippen molar-refractivity contribution in [2.75, 3.05) is 17.6 Å². The normalized spacial score (nSPS) is 28.5. The van der Waals surface area contributed by atoms with E-state index in [0.29, 0.717) is 11.3 Å². The molecule has 0 aromatic heterocycles. The Balaban J connectivity index is 1.64. The van der Waals surface area contributed by atoms with Gasteiger partial charge in [0.15, 0.2) is 0 Å². The molecule has 3 unspecified atom stereocenters. The first-order valence-corrected chi connectivity index (χ1v) is 7.06. The van der Waals surface area contributed by atoms with E-state index in [4.69, 9.17) is 11.5 Å². The van der Waals surface area contributed by atoms with Gasteiger partial charge in [-0.15, -0.1) is 0 Å². The monoisotopic (exact) mass is 259 g/mol. The van der Waals surface area contributed by atoms with Gasteiger partial charge in [0.05, 0.1) is 5.56 Å². The fourth-order valence-electron chi connectivity index (χ4n) is 3.76. The van der Waals surface area contributed by atoms with Crippen molar-refractivity contribution in [3.05, 3.63) is 23.8 Å². The van der Waals surface area contributed by atoms with E-state index >= 15 is 0 Å². The van der Waals surface area contributed by atoms with E-state index < -0.39 is 5.91 Å². The average molecular weight is 259 g/mol. The summed E-state index contributed by atoms with van der Waals surface area (Å²) in [6.45, 7) is 0.989. The summed E-state index contributed by atoms with van der Waals surface area (Å²) >= 11 is 0. The highest BCUT2D eigenvalue weighted by molar-refractivity contribution is 5.98. The third-order valence-electron chi connectivity index (χ3n) is 4.77. The topological polar surface area (TPSA) is 81.1 Å². The molecule has 1 aromatic rings. The molecule has 0 aliphatic heterocycles. The van der Waals surface area contributed by atoms with E-state index in [0.717, 1.165) is 30.0 Å². The molecule has 1 amide bonds. The van der Waals surface area contributed by atoms with Gasteiger partial charge in [-0.3, -0.25) is 4.79 Å². The van der Waals surface area contributed by atoms with Crippen molar-refractivity contribution >= 4 is 17.3 Å². The lowest BCUT2D eigenvalue weighted by atomic mass is 9.89. The van der Waals surface area contributed by atoms with Crippen LogP contribution in [0.3, 0.4) is 0 Å². The molecule has 2 fully saturated rings. The first kappa shape index (κ1) is 12.3. The molecule has 1 aromatic carbocycles. The second kappa shape index (κ2) is 4.76. The number of hydrogen-bond donors (Lipinski definition) is 3. The van der Waals surface area contributed by atoms with Crippen molar-refractivity contribution in [1.82, 2.24) is 0 Å². The Kier molecular flexibility index (Phi) is 3.09. The van der Waals surface area contributed by atoms with Gasteiger partial charge in [-0.1, -0.05) is 6.42 Å². The van der Waals surface area contributed by atoms with E-state index in [1.54, 1.807) is 12.1 Å². The van der Waals surface area contributed by atoms with Crippen molar-refractivity contribution in [2.45, 2.75) is 25.7 Å². The second-order valence-electron chi connectivity index (χ2n) is 5.98. The van der Waals surface area contributed by atoms with E-state index in [9.17, 15) is 4.79 Å². The summed E-state index contributed by atoms with van der Waals surface area (Å²) in [5.41, 5.74) is 12.8. The number of nitrogens with two attached hydrogens (primary N) is 2. The van der Waals surface area contributed by atoms with Gasteiger partial charge >= 0.3 is 0 Å². The predicted molar refractivity (Wildman–Crippen MR) is 76.8 cm³/mol. The van der Waals surface area contributed by atoms with E-state index in [1.165, 1.54) is 25.7 Å². The summed E-state index contributed by atoms with van der Waals surface area (Å²) in [4.78, 5) is 11.3. The molecule has 3 rings (SSSR count). The van der Waals surface area contributed by atoms with Crippen molar-refractivity contribution in [3.8, 4) is 0 Å². The molecule has 3 atom stereocenters. The van der Waals surface area contributed by atoms with Gasteiger partial charge in [0.2, 0.25) is 0 Å². The smallest absolute Gasteiger partial charge is 0.250 e. The van der Waals surface area contributed by atoms with Gasteiger partial charge < -0.3 is 16.8 Å². The summed E-state index contributed by atoms with van der Waals surface area (Å²) in [6.07, 6.45) is 5.59. The molecule has 4 nitrogen and oxygen atoms in total. The van der Waals surface area contributed by atoms with Crippen molar-refractivity contribution in [2.24, 2.45) is 23.5 Å². The van der Waals surface area contributed by atoms with Crippen LogP contribution in [-0.4, -0.2) is 12.5 Å². The Bertz CT molecular complexity index is 500. The van der Waals surface area contributed by atoms with Gasteiger partial charge in [0.1, 0.15) is 0 Å². The maximum atomic E-state index is 11.3. The highest BCUT2D eigenvalue weighted by Gasteiger charge is 2.38. The predicted octanol–water partition coefficient (Wildman–Crippen LogP) is 2.22. The molecular formula is C15H21N3O. The number of primary amides is 1. The number of carbonyl (C=O) groups is 1. The third-order valence-corrected chi connectivity index (χ3v) is 4.77. The zero-order valence-electron chi connectivity index (χ0n) is 11.1. The Morgan fingerprint density at radius 2 is 2.16 bits per heavy atom. The van der Waals surface area contributed by atoms with Crippen LogP contribution in [0.1, 0.15) is 36.0 Å². The Morgan fingerprint density at radius 3 is 2.79 bits per heavy atom. The SMILES string of the molecule is NC(=O)c1cc(NCC2CC3CCC2C3)ccc1N. The number of amides is 1. The number of nitrogen functional groups attached to an aromatic ring is 1. The number of rotatable bonds is 4. The summed E-state index contributed by atoms with van der Waals surface area (Å²) < 4.78 is 0. The fourth-order valence-corrected chi connectivity index (χ4v) is 3.76. The van der Waals surface area contributed by atoms with Gasteiger partial charge in [0, 0.05) is 17.9 Å². The van der Waals surface area contributed by atoms with E-state index in [-0.39, 0.29) is 0 Å². The quantitative estimate of drug-likeness (QED) is 0.725. The van der Waals surface area contributed by atoms with Crippen LogP contribution in [0.25, 0.3) is 0 Å². The van der Waals surface area contributed by atoms with Crippen molar-refractivity contribution in [1.29, 1.82) is 0 Å². The first-order valence-electron chi connectivity index (χ1n) is 7.06. The first-order chi connectivity index (χ1) is 9.13. The van der Waals surface area contributed by atoms with Crippen molar-refractivity contribution < 1.29 is 4.79 Å². The Morgan fingerprint density at radius 1 is 1.32 bits per heavy atom. The van der Waals surface area contributed by atoms with Gasteiger partial charge in [0.25, 0.3) is 5.91 Å². The molecule has 2 saturated carbocycles. The maximum Gasteiger partial charge on any atom is 0.250 e. The minimum atomic E-state index is -0.471. The van der Waals surface area contributed by atoms with Crippen LogP contribution in [0, 0.1) is 17.8 Å². The van der Waals surface area contributed by atoms with Crippen LogP contribution in [-0.2, 0) is 0 Å². The minimum absolute atomic E-state index is 0.401. The minimum Gasteiger partial charge on any atom is -0.398 e. The van der Waals surface area contributed by atoms with Gasteiger partial charge in [-0.2, -0.15) is 0 Å². The summed E-state index contributed by atoms with van der Waals surface area (Å²) in [6, 6.07) is 5.41. The largest absolute Gasteiger partial charge is 0.398 e. The average Bonchev–Trinajstić information content (AvgIpc) is 2.99. The van der Waals surface area contributed by atoms with Crippen LogP contribution >= 0.6 is 0 Å². The lowest BCUT2D eigenvalue weighted by Crippen LogP contribution is -2.20. The van der Waals surface area contributed by atoms with Gasteiger partial charge in [-0.05, 0) is 55.2 Å². The molecule has 102 valence electrons. The van der Waals surface area contributed by atoms with Crippen molar-refractivity contribution in [3.63, 3.8) is 0 Å². The Hall–Kier alpha value is -1.71. The molecule has 0 saturated heterocycles. The third kappa shape index (κ3) is 2.39. The number of nitrogens with one attached hydrogen (secondary N) is 1. The van der Waals surface area contributed by atoms with Crippen LogP contribution in [0.5, 0.6) is 0 Å². The maximum absolute atomic E-state index is 11.3. The lowest BCUT2D eigenvalue weighted by molar-refractivity contribution is 0.100. The highest BCUT2D eigenvalue weighted by Crippen LogP contribution is 2.48. The summed E-state index contributed by atoms with van der Waals surface area (Å²) in [5.74, 6) is 2.18. The second-order valence-corrected chi connectivity index (χ2v) is 5.98. The van der Waals surface area contributed by atoms with Crippen LogP contribution < -0.4 is 16.8 Å². The number of fused-ring (bicyclic) bond motifs is 2. The number of hydrogen-bond acceptors (Lipinski definition) is 3. The summed E-state index contributed by atoms with van der Waals surface area (Å²) in [7, 11) is 0. The van der Waals surface area contributed by atoms with Crippen LogP contribution in [0.2, 0.25) is 0 Å². The molecular weight excluding hydrogens is 238 g/mol. The molecule has 4 heteroatoms. The number of carbonyl (C=O) groups excluding carboxylic acids is 1. The zero-order chi connectivity index (χ0) is 13.4. The van der Waals surface area contributed by atoms with Crippen LogP contribution in [0.15, 0.2) is 18.2 Å². The highest BCUT2D eigenvalue weighted by atomic mass is 16.1. The molecule has 2 aliphatic carbocycles. The molecule has 2 bridgehead atoms. The Labute approximate surface area is 113 Å². The summed E-state index contributed by atoms with van der Waals surface area (Å²) in [5, 5.41) is 3.43. The molecule has 19 heavy (non-hydrogen) atoms. The lowest BCUT2D eigenvalue weighted by Gasteiger charge is -2.22. The number of benzene rings is 1. The standard InChI is InChI=1S/C15H21N3O/c16-14-4-3-12(7-13(14)15(17)19)18-8-11-6-9-1-2-10(11)5-9/h3-4,7,9-11,18H,1-2,5-6,8,16H2,(H2,17,19). The molecule has 0 radical (unpaired) electrons. The zero-order valence-corrected chi connectivity index (χ0v) is 11.1. The fraction of sp³-hybridized carbons (Fsp3) is 0.533. The van der Waals surface area contributed by atoms with Gasteiger partial charge in [-0.25, -0.2) is 0 Å². The number of anilines is 2. The van der Waals surface area contributed by atoms with Crippen LogP contribution in [0.4, 0.5) is 11.4 Å². The molecule has 2 aliphatic rings. The van der Waals surface area contributed by atoms with E-state index in [2.05, 4.69) is 5.32 Å².